The third kappa shape index (κ3) is 4.03. The van der Waals surface area contributed by atoms with Crippen molar-refractivity contribution < 1.29 is 9.53 Å². The molecule has 1 atom stereocenters. The minimum absolute atomic E-state index is 0.0234. The summed E-state index contributed by atoms with van der Waals surface area (Å²) in [6, 6.07) is 11.4. The zero-order valence-corrected chi connectivity index (χ0v) is 14.2. The number of ether oxygens (including phenoxy) is 1. The summed E-state index contributed by atoms with van der Waals surface area (Å²) in [6.45, 7) is 1.97. The lowest BCUT2D eigenvalue weighted by Gasteiger charge is -2.14. The number of nitrogens with zero attached hydrogens (tertiary/aromatic N) is 2. The van der Waals surface area contributed by atoms with Gasteiger partial charge < -0.3 is 10.1 Å². The second-order valence-corrected chi connectivity index (χ2v) is 5.83. The lowest BCUT2D eigenvalue weighted by atomic mass is 10.1. The fourth-order valence-corrected chi connectivity index (χ4v) is 2.68. The first kappa shape index (κ1) is 16.7. The van der Waals surface area contributed by atoms with Gasteiger partial charge in [-0.3, -0.25) is 14.9 Å². The van der Waals surface area contributed by atoms with E-state index in [1.807, 2.05) is 49.5 Å². The normalized spacial score (nSPS) is 11.8. The number of H-pyrrole nitrogens is 1. The van der Waals surface area contributed by atoms with E-state index in [-0.39, 0.29) is 11.9 Å². The van der Waals surface area contributed by atoms with Crippen molar-refractivity contribution in [2.75, 3.05) is 7.11 Å². The summed E-state index contributed by atoms with van der Waals surface area (Å²) in [5, 5.41) is 9.94. The van der Waals surface area contributed by atoms with Crippen LogP contribution in [0, 0.1) is 0 Å². The lowest BCUT2D eigenvalue weighted by Crippen LogP contribution is -2.34. The summed E-state index contributed by atoms with van der Waals surface area (Å²) in [7, 11) is 1.61. The van der Waals surface area contributed by atoms with Gasteiger partial charge in [-0.15, -0.1) is 0 Å². The molecule has 0 fully saturated rings. The molecule has 0 saturated carbocycles. The van der Waals surface area contributed by atoms with Crippen molar-refractivity contribution in [3.05, 3.63) is 66.1 Å². The van der Waals surface area contributed by atoms with Crippen molar-refractivity contribution in [1.82, 2.24) is 20.5 Å². The van der Waals surface area contributed by atoms with E-state index in [1.165, 1.54) is 0 Å². The first-order valence-corrected chi connectivity index (χ1v) is 8.05. The number of amides is 1. The Morgan fingerprint density at radius 3 is 2.92 bits per heavy atom. The molecule has 1 aromatic carbocycles. The lowest BCUT2D eigenvalue weighted by molar-refractivity contribution is 0.0941. The van der Waals surface area contributed by atoms with Crippen LogP contribution < -0.4 is 10.1 Å². The molecule has 0 spiro atoms. The Hall–Kier alpha value is -3.15. The molecule has 3 aromatic rings. The second kappa shape index (κ2) is 7.61. The molecule has 0 aliphatic rings. The average Bonchev–Trinajstić information content (AvgIpc) is 3.12. The number of pyridine rings is 1. The molecule has 128 valence electrons. The largest absolute Gasteiger partial charge is 0.497 e. The van der Waals surface area contributed by atoms with E-state index in [1.54, 1.807) is 19.5 Å². The maximum absolute atomic E-state index is 12.6. The van der Waals surface area contributed by atoms with E-state index < -0.39 is 0 Å². The van der Waals surface area contributed by atoms with Gasteiger partial charge in [-0.1, -0.05) is 18.2 Å². The third-order valence-electron chi connectivity index (χ3n) is 3.88. The molecule has 1 unspecified atom stereocenters. The molecule has 0 radical (unpaired) electrons. The number of aromatic amines is 1. The van der Waals surface area contributed by atoms with Crippen LogP contribution in [0.5, 0.6) is 5.75 Å². The molecule has 25 heavy (non-hydrogen) atoms. The molecule has 0 saturated heterocycles. The summed E-state index contributed by atoms with van der Waals surface area (Å²) in [6.07, 6.45) is 5.80. The van der Waals surface area contributed by atoms with E-state index >= 15 is 0 Å². The van der Waals surface area contributed by atoms with Gasteiger partial charge in [0.1, 0.15) is 5.75 Å². The Kier molecular flexibility index (Phi) is 5.09. The molecule has 6 heteroatoms. The average molecular weight is 336 g/mol. The zero-order valence-electron chi connectivity index (χ0n) is 14.2. The molecular formula is C19H20N4O2. The molecular weight excluding hydrogens is 316 g/mol. The number of hydrogen-bond donors (Lipinski definition) is 2. The van der Waals surface area contributed by atoms with Crippen molar-refractivity contribution in [3.63, 3.8) is 0 Å². The van der Waals surface area contributed by atoms with Gasteiger partial charge >= 0.3 is 0 Å². The van der Waals surface area contributed by atoms with Gasteiger partial charge in [-0.05, 0) is 37.1 Å². The van der Waals surface area contributed by atoms with Crippen LogP contribution in [0.3, 0.4) is 0 Å². The third-order valence-corrected chi connectivity index (χ3v) is 3.88. The Balaban J connectivity index is 1.74. The quantitative estimate of drug-likeness (QED) is 0.725. The van der Waals surface area contributed by atoms with Crippen LogP contribution in [0.1, 0.15) is 22.8 Å². The van der Waals surface area contributed by atoms with Crippen molar-refractivity contribution in [2.45, 2.75) is 19.4 Å². The predicted molar refractivity (Wildman–Crippen MR) is 95.4 cm³/mol. The van der Waals surface area contributed by atoms with Gasteiger partial charge in [0.25, 0.3) is 5.91 Å². The molecule has 2 heterocycles. The van der Waals surface area contributed by atoms with E-state index in [0.717, 1.165) is 16.9 Å². The number of rotatable bonds is 6. The van der Waals surface area contributed by atoms with Gasteiger partial charge in [-0.2, -0.15) is 5.10 Å². The number of methoxy groups -OCH3 is 1. The van der Waals surface area contributed by atoms with Gasteiger partial charge in [0.15, 0.2) is 0 Å². The molecule has 0 aliphatic heterocycles. The van der Waals surface area contributed by atoms with Crippen LogP contribution in [0.4, 0.5) is 0 Å². The van der Waals surface area contributed by atoms with Gasteiger partial charge in [0.2, 0.25) is 0 Å². The van der Waals surface area contributed by atoms with E-state index in [4.69, 9.17) is 4.74 Å². The Morgan fingerprint density at radius 1 is 1.28 bits per heavy atom. The molecule has 6 nitrogen and oxygen atoms in total. The van der Waals surface area contributed by atoms with Crippen molar-refractivity contribution in [2.24, 2.45) is 0 Å². The van der Waals surface area contributed by atoms with Crippen LogP contribution in [0.2, 0.25) is 0 Å². The van der Waals surface area contributed by atoms with E-state index in [9.17, 15) is 4.79 Å². The zero-order chi connectivity index (χ0) is 17.6. The first-order chi connectivity index (χ1) is 12.2. The molecule has 2 aromatic heterocycles. The Bertz CT molecular complexity index is 845. The topological polar surface area (TPSA) is 79.9 Å². The predicted octanol–water partition coefficient (Wildman–Crippen LogP) is 2.84. The highest BCUT2D eigenvalue weighted by Crippen LogP contribution is 2.25. The molecule has 3 rings (SSSR count). The summed E-state index contributed by atoms with van der Waals surface area (Å²) in [5.74, 6) is 0.561. The van der Waals surface area contributed by atoms with Crippen LogP contribution in [0.25, 0.3) is 11.3 Å². The van der Waals surface area contributed by atoms with Crippen LogP contribution in [-0.4, -0.2) is 34.2 Å². The standard InChI is InChI=1S/C19H20N4O2/c1-13(9-14-5-4-8-20-11-14)22-19(24)17-12-21-23-18(17)15-6-3-7-16(10-15)25-2/h3-8,10-13H,9H2,1-2H3,(H,21,23)(H,22,24). The Morgan fingerprint density at radius 2 is 2.16 bits per heavy atom. The highest BCUT2D eigenvalue weighted by atomic mass is 16.5. The highest BCUT2D eigenvalue weighted by Gasteiger charge is 2.17. The number of aromatic nitrogens is 3. The van der Waals surface area contributed by atoms with Gasteiger partial charge in [-0.25, -0.2) is 0 Å². The van der Waals surface area contributed by atoms with Crippen LogP contribution in [-0.2, 0) is 6.42 Å². The van der Waals surface area contributed by atoms with Gasteiger partial charge in [0, 0.05) is 24.0 Å². The monoisotopic (exact) mass is 336 g/mol. The number of carbonyl (C=O) groups excluding carboxylic acids is 1. The summed E-state index contributed by atoms with van der Waals surface area (Å²) in [4.78, 5) is 16.7. The first-order valence-electron chi connectivity index (χ1n) is 8.05. The van der Waals surface area contributed by atoms with Crippen molar-refractivity contribution >= 4 is 5.91 Å². The number of benzene rings is 1. The fraction of sp³-hybridized carbons (Fsp3) is 0.211. The van der Waals surface area contributed by atoms with E-state index in [2.05, 4.69) is 20.5 Å². The van der Waals surface area contributed by atoms with E-state index in [0.29, 0.717) is 17.7 Å². The maximum Gasteiger partial charge on any atom is 0.255 e. The molecule has 0 bridgehead atoms. The maximum atomic E-state index is 12.6. The van der Waals surface area contributed by atoms with Crippen molar-refractivity contribution in [3.8, 4) is 17.0 Å². The number of hydrogen-bond acceptors (Lipinski definition) is 4. The Labute approximate surface area is 146 Å². The SMILES string of the molecule is COc1cccc(-c2[nH]ncc2C(=O)NC(C)Cc2cccnc2)c1. The fourth-order valence-electron chi connectivity index (χ4n) is 2.68. The molecule has 1 amide bonds. The van der Waals surface area contributed by atoms with Crippen LogP contribution in [0.15, 0.2) is 55.0 Å². The summed E-state index contributed by atoms with van der Waals surface area (Å²) in [5.41, 5.74) is 3.11. The summed E-state index contributed by atoms with van der Waals surface area (Å²) >= 11 is 0. The highest BCUT2D eigenvalue weighted by molar-refractivity contribution is 5.99. The van der Waals surface area contributed by atoms with Crippen molar-refractivity contribution in [1.29, 1.82) is 0 Å². The number of nitrogens with one attached hydrogen (secondary N) is 2. The smallest absolute Gasteiger partial charge is 0.255 e. The minimum Gasteiger partial charge on any atom is -0.497 e. The molecule has 2 N–H and O–H groups in total. The summed E-state index contributed by atoms with van der Waals surface area (Å²) < 4.78 is 5.24. The minimum atomic E-state index is -0.164. The van der Waals surface area contributed by atoms with Crippen LogP contribution >= 0.6 is 0 Å². The second-order valence-electron chi connectivity index (χ2n) is 5.83. The van der Waals surface area contributed by atoms with Gasteiger partial charge in [0.05, 0.1) is 24.6 Å². The molecule has 0 aliphatic carbocycles. The number of carbonyl (C=O) groups is 1.